The third-order valence-electron chi connectivity index (χ3n) is 27.6. The lowest BCUT2D eigenvalue weighted by molar-refractivity contribution is 1.15. The second-order valence-corrected chi connectivity index (χ2v) is 36.4. The maximum atomic E-state index is 11.5. The Morgan fingerprint density at radius 1 is 0.182 bits per heavy atom. The third-order valence-corrected chi connectivity index (χ3v) is 27.6. The average Bonchev–Trinajstić information content (AvgIpc) is 1.59. The molecule has 626 valence electrons. The fourth-order valence-corrected chi connectivity index (χ4v) is 21.3. The Balaban J connectivity index is 0.648. The lowest BCUT2D eigenvalue weighted by Gasteiger charge is -2.16. The van der Waals surface area contributed by atoms with Gasteiger partial charge in [-0.25, -0.2) is 0 Å². The number of rotatable bonds is 14. The molecule has 0 atom stereocenters. The topological polar surface area (TPSA) is 115 Å². The zero-order valence-electron chi connectivity index (χ0n) is 75.5. The molecule has 0 radical (unpaired) electrons. The molecule has 22 rings (SSSR count). The number of fused-ring (bicyclic) bond motifs is 12. The molecule has 18 aromatic carbocycles. The highest BCUT2D eigenvalue weighted by Crippen LogP contribution is 2.47. The van der Waals surface area contributed by atoms with E-state index in [2.05, 4.69) is 416 Å². The van der Waals surface area contributed by atoms with Gasteiger partial charge >= 0.3 is 0 Å². The molecule has 8 nitrogen and oxygen atoms in total. The van der Waals surface area contributed by atoms with E-state index in [0.717, 1.165) is 205 Å². The SMILES string of the molecule is Cc1ccc(-c2ccc3c4ccccc4n(-c4cc(-c5ccc(C#N)c(-n6c7ccc(Cc8ccc(-c9ccc%10c%11ccc(-c%12ccc(C)cc%12C)cc%11n(-c%11cc(-c%12ccc(C#N)c(-n%13c%14cc(-c%15ccc(C)cc%15C)ccc%14c%14ccc(-c%15ccc(C)cc%15C)cc%14%13)c%12)ccc%11C#N)c%10c9)c(C)c8)cc7c7ccc(-c8ccc(C)cc8C)cc76)c5)ccc4C#N)c3c2)c(C)c1. The maximum Gasteiger partial charge on any atom is 0.101 e. The number of para-hydroxylation sites is 1. The molecule has 4 aromatic heterocycles. The first-order valence-corrected chi connectivity index (χ1v) is 45.2. The predicted octanol–water partition coefficient (Wildman–Crippen LogP) is 31.9. The van der Waals surface area contributed by atoms with E-state index in [-0.39, 0.29) is 0 Å². The number of nitrogens with zero attached hydrogens (tertiary/aromatic N) is 8. The van der Waals surface area contributed by atoms with Crippen LogP contribution in [0, 0.1) is 121 Å². The highest BCUT2D eigenvalue weighted by Gasteiger charge is 2.27. The second-order valence-electron chi connectivity index (χ2n) is 36.4. The van der Waals surface area contributed by atoms with Crippen molar-refractivity contribution >= 4 is 87.2 Å². The summed E-state index contributed by atoms with van der Waals surface area (Å²) in [6.45, 7) is 23.7. The minimum Gasteiger partial charge on any atom is -0.308 e. The summed E-state index contributed by atoms with van der Waals surface area (Å²) in [4.78, 5) is 0. The van der Waals surface area contributed by atoms with Crippen molar-refractivity contribution in [1.29, 1.82) is 21.0 Å². The molecule has 0 saturated heterocycles. The summed E-state index contributed by atoms with van der Waals surface area (Å²) < 4.78 is 9.15. The molecule has 0 aliphatic rings. The Hall–Kier alpha value is -16.9. The molecular weight excluding hydrogens is 1600 g/mol. The van der Waals surface area contributed by atoms with Gasteiger partial charge in [-0.05, 0) is 319 Å². The molecule has 0 fully saturated rings. The normalized spacial score (nSPS) is 11.6. The number of aryl methyl sites for hydroxylation is 11. The van der Waals surface area contributed by atoms with Crippen LogP contribution in [0.15, 0.2) is 334 Å². The molecule has 8 heteroatoms. The smallest absolute Gasteiger partial charge is 0.101 e. The first-order valence-electron chi connectivity index (χ1n) is 45.2. The Morgan fingerprint density at radius 2 is 0.409 bits per heavy atom. The van der Waals surface area contributed by atoms with Gasteiger partial charge < -0.3 is 18.3 Å². The van der Waals surface area contributed by atoms with E-state index in [0.29, 0.717) is 28.7 Å². The maximum absolute atomic E-state index is 11.5. The number of nitriles is 4. The van der Waals surface area contributed by atoms with Crippen LogP contribution in [-0.4, -0.2) is 18.3 Å². The highest BCUT2D eigenvalue weighted by molar-refractivity contribution is 6.15. The van der Waals surface area contributed by atoms with E-state index in [1.54, 1.807) is 0 Å². The van der Waals surface area contributed by atoms with Crippen LogP contribution in [0.25, 0.3) is 199 Å². The molecule has 0 aliphatic carbocycles. The molecule has 0 N–H and O–H groups in total. The zero-order valence-corrected chi connectivity index (χ0v) is 75.5. The summed E-state index contributed by atoms with van der Waals surface area (Å²) in [6, 6.07) is 131. The van der Waals surface area contributed by atoms with Gasteiger partial charge in [-0.3, -0.25) is 0 Å². The van der Waals surface area contributed by atoms with Gasteiger partial charge in [0.05, 0.1) is 89.1 Å². The lowest BCUT2D eigenvalue weighted by Crippen LogP contribution is -2.01. The van der Waals surface area contributed by atoms with E-state index >= 15 is 0 Å². The Bertz CT molecular complexity index is 8830. The van der Waals surface area contributed by atoms with Crippen LogP contribution in [0.5, 0.6) is 0 Å². The van der Waals surface area contributed by atoms with Crippen molar-refractivity contribution < 1.29 is 0 Å². The third kappa shape index (κ3) is 13.6. The quantitative estimate of drug-likeness (QED) is 0.108. The lowest BCUT2D eigenvalue weighted by atomic mass is 9.94. The Labute approximate surface area is 768 Å². The van der Waals surface area contributed by atoms with Crippen molar-refractivity contribution in [3.63, 3.8) is 0 Å². The van der Waals surface area contributed by atoms with Gasteiger partial charge in [0.2, 0.25) is 0 Å². The average molecular weight is 1690 g/mol. The number of benzene rings is 18. The van der Waals surface area contributed by atoms with Gasteiger partial charge in [0, 0.05) is 43.1 Å². The fourth-order valence-electron chi connectivity index (χ4n) is 21.3. The molecule has 4 heterocycles. The standard InChI is InChI=1S/C124H90N8/c1-72-16-37-99(77(6)50-72)89-31-43-106-105-14-12-13-15-113(105)129(119(106)62-89)115-58-85(23-27-95(115)68-125)86-24-28-96(69-126)116(59-86)130-114-49-22-84(57-112(114)111-48-36-93(67-124(111)130)103-41-20-76(5)54-81(103)10)56-83-21-42-104(82(11)55-83)94-35-47-110-109-46-34-92(102-40-19-75(4)53-80(102)9)65-122(109)132(123(110)66-94)118-61-88(26-30-98(118)71-128)87-25-29-97(70-127)117(60-87)131-120-63-90(100-38-17-73(2)51-78(100)7)32-44-107(120)108-45-33-91(64-121(108)131)101-39-18-74(3)52-79(101)8/h12-55,57-67H,56H2,1-11H3. The molecule has 0 spiro atoms. The van der Waals surface area contributed by atoms with Crippen LogP contribution in [0.4, 0.5) is 0 Å². The second kappa shape index (κ2) is 31.9. The first kappa shape index (κ1) is 80.9. The van der Waals surface area contributed by atoms with Crippen molar-refractivity contribution in [2.75, 3.05) is 0 Å². The van der Waals surface area contributed by atoms with Crippen molar-refractivity contribution in [3.05, 3.63) is 428 Å². The summed E-state index contributed by atoms with van der Waals surface area (Å²) in [6.07, 6.45) is 0.662. The summed E-state index contributed by atoms with van der Waals surface area (Å²) in [5.41, 5.74) is 45.5. The first-order chi connectivity index (χ1) is 64.2. The monoisotopic (exact) mass is 1690 g/mol. The molecule has 0 aliphatic heterocycles. The van der Waals surface area contributed by atoms with E-state index in [1.165, 1.54) is 66.8 Å². The number of hydrogen-bond acceptors (Lipinski definition) is 4. The molecule has 132 heavy (non-hydrogen) atoms. The van der Waals surface area contributed by atoms with Gasteiger partial charge in [0.1, 0.15) is 24.3 Å². The van der Waals surface area contributed by atoms with Crippen molar-refractivity contribution in [2.24, 2.45) is 0 Å². The van der Waals surface area contributed by atoms with Crippen LogP contribution in [0.1, 0.15) is 94.6 Å². The van der Waals surface area contributed by atoms with E-state index in [1.807, 2.05) is 36.4 Å². The predicted molar refractivity (Wildman–Crippen MR) is 548 cm³/mol. The van der Waals surface area contributed by atoms with Gasteiger partial charge in [0.15, 0.2) is 0 Å². The molecule has 0 bridgehead atoms. The zero-order chi connectivity index (χ0) is 90.3. The Kier molecular flexibility index (Phi) is 19.5. The summed E-state index contributed by atoms with van der Waals surface area (Å²) in [5.74, 6) is 0. The molecular formula is C124H90N8. The number of hydrogen-bond donors (Lipinski definition) is 0. The van der Waals surface area contributed by atoms with Gasteiger partial charge in [-0.2, -0.15) is 21.0 Å². The Morgan fingerprint density at radius 3 is 0.689 bits per heavy atom. The van der Waals surface area contributed by atoms with Crippen LogP contribution in [0.3, 0.4) is 0 Å². The summed E-state index contributed by atoms with van der Waals surface area (Å²) >= 11 is 0. The molecule has 22 aromatic rings. The van der Waals surface area contributed by atoms with E-state index in [4.69, 9.17) is 0 Å². The minimum atomic E-state index is 0.523. The van der Waals surface area contributed by atoms with Gasteiger partial charge in [-0.15, -0.1) is 0 Å². The fraction of sp³-hybridized carbons (Fsp3) is 0.0968. The minimum absolute atomic E-state index is 0.523. The van der Waals surface area contributed by atoms with Gasteiger partial charge in [0.25, 0.3) is 0 Å². The van der Waals surface area contributed by atoms with Crippen molar-refractivity contribution in [1.82, 2.24) is 18.3 Å². The van der Waals surface area contributed by atoms with Gasteiger partial charge in [-0.1, -0.05) is 258 Å². The van der Waals surface area contributed by atoms with E-state index in [9.17, 15) is 21.0 Å². The van der Waals surface area contributed by atoms with Crippen LogP contribution in [-0.2, 0) is 6.42 Å². The van der Waals surface area contributed by atoms with Crippen LogP contribution in [0.2, 0.25) is 0 Å². The molecule has 0 amide bonds. The van der Waals surface area contributed by atoms with Crippen molar-refractivity contribution in [2.45, 2.75) is 82.6 Å². The largest absolute Gasteiger partial charge is 0.308 e. The van der Waals surface area contributed by atoms with Crippen LogP contribution < -0.4 is 0 Å². The summed E-state index contributed by atoms with van der Waals surface area (Å²) in [5, 5.41) is 53.8. The molecule has 0 saturated carbocycles. The molecule has 0 unspecified atom stereocenters. The summed E-state index contributed by atoms with van der Waals surface area (Å²) in [7, 11) is 0. The van der Waals surface area contributed by atoms with Crippen molar-refractivity contribution in [3.8, 4) is 136 Å². The highest BCUT2D eigenvalue weighted by atomic mass is 15.0. The van der Waals surface area contributed by atoms with Crippen LogP contribution >= 0.6 is 0 Å². The number of aromatic nitrogens is 4. The van der Waals surface area contributed by atoms with E-state index < -0.39 is 0 Å².